The van der Waals surface area contributed by atoms with Crippen LogP contribution in [0.2, 0.25) is 5.02 Å². The van der Waals surface area contributed by atoms with E-state index in [2.05, 4.69) is 10.3 Å². The predicted octanol–water partition coefficient (Wildman–Crippen LogP) is 2.21. The number of carbonyl (C=O) groups is 1. The average Bonchev–Trinajstić information content (AvgIpc) is 2.54. The summed E-state index contributed by atoms with van der Waals surface area (Å²) < 4.78 is 25.3. The Morgan fingerprint density at radius 2 is 1.92 bits per heavy atom. The van der Waals surface area contributed by atoms with Crippen LogP contribution in [0.15, 0.2) is 48.7 Å². The van der Waals surface area contributed by atoms with Gasteiger partial charge < -0.3 is 5.32 Å². The Morgan fingerprint density at radius 1 is 1.25 bits per heavy atom. The number of hydrogen-bond donors (Lipinski definition) is 1. The molecule has 0 aliphatic rings. The van der Waals surface area contributed by atoms with E-state index in [0.29, 0.717) is 16.4 Å². The molecular formula is C16H18ClN3O3S. The number of anilines is 1. The van der Waals surface area contributed by atoms with Gasteiger partial charge in [0, 0.05) is 11.2 Å². The topological polar surface area (TPSA) is 79.4 Å². The van der Waals surface area contributed by atoms with E-state index in [1.54, 1.807) is 42.6 Å². The quantitative estimate of drug-likeness (QED) is 0.848. The van der Waals surface area contributed by atoms with Gasteiger partial charge in [0.05, 0.1) is 24.2 Å². The maximum absolute atomic E-state index is 12.4. The molecule has 0 saturated heterocycles. The van der Waals surface area contributed by atoms with Crippen molar-refractivity contribution in [3.63, 3.8) is 0 Å². The molecule has 1 heterocycles. The van der Waals surface area contributed by atoms with Gasteiger partial charge in [0.25, 0.3) is 0 Å². The standard InChI is InChI=1S/C16H18ClN3O3S/c1-12(16(21)19-11-14-5-3-4-10-18-14)20(24(2,22)23)15-8-6-13(17)7-9-15/h3-10,12H,11H2,1-2H3,(H,19,21)/t12-/m0/s1. The Hall–Kier alpha value is -2.12. The first-order valence-electron chi connectivity index (χ1n) is 7.21. The summed E-state index contributed by atoms with van der Waals surface area (Å²) in [6.07, 6.45) is 2.69. The summed E-state index contributed by atoms with van der Waals surface area (Å²) in [5.41, 5.74) is 1.07. The number of halogens is 1. The van der Waals surface area contributed by atoms with E-state index in [1.165, 1.54) is 6.92 Å². The van der Waals surface area contributed by atoms with Crippen LogP contribution in [-0.4, -0.2) is 31.6 Å². The highest BCUT2D eigenvalue weighted by Gasteiger charge is 2.28. The molecule has 0 aliphatic carbocycles. The van der Waals surface area contributed by atoms with Crippen LogP contribution in [0.25, 0.3) is 0 Å². The van der Waals surface area contributed by atoms with E-state index in [4.69, 9.17) is 11.6 Å². The van der Waals surface area contributed by atoms with Gasteiger partial charge in [0.2, 0.25) is 15.9 Å². The van der Waals surface area contributed by atoms with Gasteiger partial charge in [-0.25, -0.2) is 8.42 Å². The number of rotatable bonds is 6. The number of carbonyl (C=O) groups excluding carboxylic acids is 1. The van der Waals surface area contributed by atoms with Crippen molar-refractivity contribution in [3.8, 4) is 0 Å². The van der Waals surface area contributed by atoms with E-state index >= 15 is 0 Å². The van der Waals surface area contributed by atoms with E-state index < -0.39 is 22.0 Å². The minimum absolute atomic E-state index is 0.224. The zero-order valence-electron chi connectivity index (χ0n) is 13.3. The first kappa shape index (κ1) is 18.2. The molecule has 24 heavy (non-hydrogen) atoms. The molecule has 1 aromatic carbocycles. The molecular weight excluding hydrogens is 350 g/mol. The highest BCUT2D eigenvalue weighted by atomic mass is 35.5. The second-order valence-corrected chi connectivity index (χ2v) is 7.55. The summed E-state index contributed by atoms with van der Waals surface area (Å²) in [5.74, 6) is -0.416. The summed E-state index contributed by atoms with van der Waals surface area (Å²) in [6, 6.07) is 10.7. The first-order chi connectivity index (χ1) is 11.3. The van der Waals surface area contributed by atoms with Crippen LogP contribution in [0, 0.1) is 0 Å². The second kappa shape index (κ2) is 7.63. The number of amides is 1. The van der Waals surface area contributed by atoms with Gasteiger partial charge in [-0.1, -0.05) is 17.7 Å². The monoisotopic (exact) mass is 367 g/mol. The van der Waals surface area contributed by atoms with Gasteiger partial charge in [-0.2, -0.15) is 0 Å². The molecule has 1 atom stereocenters. The maximum atomic E-state index is 12.4. The second-order valence-electron chi connectivity index (χ2n) is 5.25. The maximum Gasteiger partial charge on any atom is 0.243 e. The van der Waals surface area contributed by atoms with Crippen molar-refractivity contribution in [2.24, 2.45) is 0 Å². The summed E-state index contributed by atoms with van der Waals surface area (Å²) in [5, 5.41) is 3.18. The van der Waals surface area contributed by atoms with E-state index in [0.717, 1.165) is 10.6 Å². The molecule has 0 spiro atoms. The summed E-state index contributed by atoms with van der Waals surface area (Å²) in [7, 11) is -3.64. The molecule has 1 amide bonds. The van der Waals surface area contributed by atoms with Crippen molar-refractivity contribution in [3.05, 3.63) is 59.4 Å². The van der Waals surface area contributed by atoms with E-state index in [9.17, 15) is 13.2 Å². The molecule has 1 aromatic heterocycles. The number of nitrogens with zero attached hydrogens (tertiary/aromatic N) is 2. The number of nitrogens with one attached hydrogen (secondary N) is 1. The fourth-order valence-corrected chi connectivity index (χ4v) is 3.53. The molecule has 8 heteroatoms. The van der Waals surface area contributed by atoms with Gasteiger partial charge >= 0.3 is 0 Å². The number of benzene rings is 1. The normalized spacial score (nSPS) is 12.5. The van der Waals surface area contributed by atoms with Crippen LogP contribution in [0.1, 0.15) is 12.6 Å². The number of hydrogen-bond acceptors (Lipinski definition) is 4. The minimum Gasteiger partial charge on any atom is -0.349 e. The first-order valence-corrected chi connectivity index (χ1v) is 9.44. The summed E-state index contributed by atoms with van der Waals surface area (Å²) in [4.78, 5) is 16.5. The third-order valence-corrected chi connectivity index (χ3v) is 4.83. The third-order valence-electron chi connectivity index (χ3n) is 3.34. The Bertz CT molecular complexity index is 795. The largest absolute Gasteiger partial charge is 0.349 e. The lowest BCUT2D eigenvalue weighted by molar-refractivity contribution is -0.122. The van der Waals surface area contributed by atoms with Crippen molar-refractivity contribution in [2.75, 3.05) is 10.6 Å². The van der Waals surface area contributed by atoms with Crippen molar-refractivity contribution in [1.29, 1.82) is 0 Å². The fourth-order valence-electron chi connectivity index (χ4n) is 2.22. The SMILES string of the molecule is C[C@@H](C(=O)NCc1ccccn1)N(c1ccc(Cl)cc1)S(C)(=O)=O. The zero-order chi connectivity index (χ0) is 17.7. The van der Waals surface area contributed by atoms with Gasteiger partial charge in [0.15, 0.2) is 0 Å². The summed E-state index contributed by atoms with van der Waals surface area (Å²) >= 11 is 5.84. The van der Waals surface area contributed by atoms with E-state index in [1.807, 2.05) is 6.07 Å². The van der Waals surface area contributed by atoms with Crippen LogP contribution in [-0.2, 0) is 21.4 Å². The molecule has 128 valence electrons. The molecule has 1 N–H and O–H groups in total. The number of aromatic nitrogens is 1. The molecule has 0 bridgehead atoms. The van der Waals surface area contributed by atoms with Gasteiger partial charge in [0.1, 0.15) is 6.04 Å². The lowest BCUT2D eigenvalue weighted by Gasteiger charge is -2.28. The van der Waals surface area contributed by atoms with Crippen LogP contribution in [0.5, 0.6) is 0 Å². The lowest BCUT2D eigenvalue weighted by Crippen LogP contribution is -2.47. The molecule has 2 rings (SSSR count). The van der Waals surface area contributed by atoms with E-state index in [-0.39, 0.29) is 6.54 Å². The Kier molecular flexibility index (Phi) is 5.80. The van der Waals surface area contributed by atoms with Crippen LogP contribution >= 0.6 is 11.6 Å². The minimum atomic E-state index is -3.64. The average molecular weight is 368 g/mol. The van der Waals surface area contributed by atoms with Crippen molar-refractivity contribution < 1.29 is 13.2 Å². The fraction of sp³-hybridized carbons (Fsp3) is 0.250. The molecule has 0 unspecified atom stereocenters. The highest BCUT2D eigenvalue weighted by molar-refractivity contribution is 7.92. The van der Waals surface area contributed by atoms with Crippen LogP contribution < -0.4 is 9.62 Å². The Labute approximate surface area is 146 Å². The predicted molar refractivity (Wildman–Crippen MR) is 94.3 cm³/mol. The molecule has 0 fully saturated rings. The molecule has 2 aromatic rings. The highest BCUT2D eigenvalue weighted by Crippen LogP contribution is 2.23. The van der Waals surface area contributed by atoms with Crippen molar-refractivity contribution >= 4 is 33.2 Å². The molecule has 0 aliphatic heterocycles. The number of sulfonamides is 1. The lowest BCUT2D eigenvalue weighted by atomic mass is 10.2. The Balaban J connectivity index is 2.17. The number of pyridine rings is 1. The molecule has 0 radical (unpaired) electrons. The summed E-state index contributed by atoms with van der Waals surface area (Å²) in [6.45, 7) is 1.76. The molecule has 0 saturated carbocycles. The van der Waals surface area contributed by atoms with Crippen molar-refractivity contribution in [2.45, 2.75) is 19.5 Å². The van der Waals surface area contributed by atoms with Crippen molar-refractivity contribution in [1.82, 2.24) is 10.3 Å². The zero-order valence-corrected chi connectivity index (χ0v) is 14.9. The van der Waals surface area contributed by atoms with Crippen LogP contribution in [0.3, 0.4) is 0 Å². The van der Waals surface area contributed by atoms with Gasteiger partial charge in [-0.05, 0) is 43.3 Å². The molecule has 6 nitrogen and oxygen atoms in total. The smallest absolute Gasteiger partial charge is 0.243 e. The van der Waals surface area contributed by atoms with Gasteiger partial charge in [-0.3, -0.25) is 14.1 Å². The Morgan fingerprint density at radius 3 is 2.46 bits per heavy atom. The van der Waals surface area contributed by atoms with Crippen LogP contribution in [0.4, 0.5) is 5.69 Å². The van der Waals surface area contributed by atoms with Gasteiger partial charge in [-0.15, -0.1) is 0 Å². The third kappa shape index (κ3) is 4.69.